The van der Waals surface area contributed by atoms with Gasteiger partial charge in [0.2, 0.25) is 0 Å². The van der Waals surface area contributed by atoms with Gasteiger partial charge in [0.1, 0.15) is 11.6 Å². The molecule has 1 aromatic heterocycles. The number of alkyl halides is 3. The van der Waals surface area contributed by atoms with Gasteiger partial charge in [0.25, 0.3) is 5.91 Å². The Balaban J connectivity index is 1.75. The van der Waals surface area contributed by atoms with E-state index in [1.165, 1.54) is 30.8 Å². The summed E-state index contributed by atoms with van der Waals surface area (Å²) in [5.41, 5.74) is 1.72. The third-order valence-corrected chi connectivity index (χ3v) is 4.15. The van der Waals surface area contributed by atoms with Crippen molar-refractivity contribution >= 4 is 17.6 Å². The van der Waals surface area contributed by atoms with Crippen molar-refractivity contribution in [1.29, 1.82) is 5.41 Å². The van der Waals surface area contributed by atoms with Gasteiger partial charge in [0, 0.05) is 30.4 Å². The van der Waals surface area contributed by atoms with E-state index in [2.05, 4.69) is 4.98 Å². The molecule has 0 saturated heterocycles. The third kappa shape index (κ3) is 3.95. The topological polar surface area (TPSA) is 95.4 Å². The maximum Gasteiger partial charge on any atom is 0.471 e. The number of pyridine rings is 1. The van der Waals surface area contributed by atoms with Crippen LogP contribution in [0, 0.1) is 5.41 Å². The van der Waals surface area contributed by atoms with E-state index in [0.29, 0.717) is 17.9 Å². The first kappa shape index (κ1) is 19.3. The average Bonchev–Trinajstić information content (AvgIpc) is 2.96. The summed E-state index contributed by atoms with van der Waals surface area (Å²) in [6.45, 7) is 0.587. The molecule has 1 aliphatic rings. The first-order chi connectivity index (χ1) is 13.2. The number of aromatic nitrogens is 1. The average molecular weight is 392 g/mol. The zero-order chi connectivity index (χ0) is 20.5. The largest absolute Gasteiger partial charge is 0.495 e. The highest BCUT2D eigenvalue weighted by Gasteiger charge is 2.39. The molecule has 2 heterocycles. The Bertz CT molecular complexity index is 959. The highest BCUT2D eigenvalue weighted by molar-refractivity contribution is 6.09. The van der Waals surface area contributed by atoms with Gasteiger partial charge in [0.15, 0.2) is 0 Å². The van der Waals surface area contributed by atoms with Crippen molar-refractivity contribution in [3.8, 4) is 5.75 Å². The molecule has 0 fully saturated rings. The number of carbonyl (C=O) groups is 2. The van der Waals surface area contributed by atoms with Crippen LogP contribution in [0.25, 0.3) is 0 Å². The third-order valence-electron chi connectivity index (χ3n) is 4.15. The SMILES string of the molecule is COc1cncc(CN2Cc3ccc(C(=N)NC(=O)C(F)(F)F)cc3C2=O)c1. The molecule has 28 heavy (non-hydrogen) atoms. The van der Waals surface area contributed by atoms with Crippen molar-refractivity contribution in [2.45, 2.75) is 19.3 Å². The number of halogens is 3. The van der Waals surface area contributed by atoms with Crippen LogP contribution >= 0.6 is 0 Å². The summed E-state index contributed by atoms with van der Waals surface area (Å²) in [5.74, 6) is -2.74. The van der Waals surface area contributed by atoms with E-state index in [9.17, 15) is 22.8 Å². The second kappa shape index (κ2) is 7.29. The van der Waals surface area contributed by atoms with Crippen LogP contribution in [0.3, 0.4) is 0 Å². The first-order valence-corrected chi connectivity index (χ1v) is 8.06. The number of amidine groups is 1. The molecule has 2 N–H and O–H groups in total. The van der Waals surface area contributed by atoms with Crippen LogP contribution in [-0.4, -0.2) is 40.8 Å². The van der Waals surface area contributed by atoms with E-state index >= 15 is 0 Å². The Labute approximate surface area is 157 Å². The van der Waals surface area contributed by atoms with Gasteiger partial charge in [-0.2, -0.15) is 13.2 Å². The Morgan fingerprint density at radius 1 is 1.32 bits per heavy atom. The van der Waals surface area contributed by atoms with Crippen LogP contribution in [0.1, 0.15) is 27.0 Å². The van der Waals surface area contributed by atoms with Crippen molar-refractivity contribution in [1.82, 2.24) is 15.2 Å². The monoisotopic (exact) mass is 392 g/mol. The molecule has 0 atom stereocenters. The van der Waals surface area contributed by atoms with Crippen LogP contribution in [0.15, 0.2) is 36.7 Å². The standard InChI is InChI=1S/C18H15F3N4O3/c1-28-13-4-10(6-23-7-13)8-25-9-12-3-2-11(5-14(12)16(25)26)15(22)24-17(27)18(19,20)21/h2-7H,8-9H2,1H3,(H2,22,24,27). The number of nitrogens with zero attached hydrogens (tertiary/aromatic N) is 2. The van der Waals surface area contributed by atoms with E-state index in [1.807, 2.05) is 0 Å². The van der Waals surface area contributed by atoms with Crippen LogP contribution < -0.4 is 10.1 Å². The van der Waals surface area contributed by atoms with Crippen molar-refractivity contribution < 1.29 is 27.5 Å². The molecule has 0 saturated carbocycles. The Hall–Kier alpha value is -3.43. The molecular weight excluding hydrogens is 377 g/mol. The number of ether oxygens (including phenoxy) is 1. The number of benzene rings is 1. The summed E-state index contributed by atoms with van der Waals surface area (Å²) >= 11 is 0. The molecule has 3 rings (SSSR count). The molecule has 1 aromatic carbocycles. The molecule has 0 radical (unpaired) electrons. The van der Waals surface area contributed by atoms with Gasteiger partial charge < -0.3 is 15.0 Å². The maximum atomic E-state index is 12.6. The van der Waals surface area contributed by atoms with Crippen molar-refractivity contribution in [3.05, 3.63) is 58.9 Å². The fourth-order valence-electron chi connectivity index (χ4n) is 2.78. The number of amides is 2. The quantitative estimate of drug-likeness (QED) is 0.616. The van der Waals surface area contributed by atoms with Crippen LogP contribution in [-0.2, 0) is 17.9 Å². The Kier molecular flexibility index (Phi) is 5.04. The maximum absolute atomic E-state index is 12.6. The van der Waals surface area contributed by atoms with Gasteiger partial charge in [-0.3, -0.25) is 20.0 Å². The highest BCUT2D eigenvalue weighted by atomic mass is 19.4. The zero-order valence-electron chi connectivity index (χ0n) is 14.6. The van der Waals surface area contributed by atoms with Gasteiger partial charge in [-0.05, 0) is 23.3 Å². The summed E-state index contributed by atoms with van der Waals surface area (Å²) in [5, 5.41) is 9.14. The summed E-state index contributed by atoms with van der Waals surface area (Å²) in [7, 11) is 1.51. The lowest BCUT2D eigenvalue weighted by Crippen LogP contribution is -2.40. The first-order valence-electron chi connectivity index (χ1n) is 8.06. The van der Waals surface area contributed by atoms with Gasteiger partial charge in [-0.25, -0.2) is 0 Å². The van der Waals surface area contributed by atoms with Crippen LogP contribution in [0.4, 0.5) is 13.2 Å². The lowest BCUT2D eigenvalue weighted by Gasteiger charge is -2.15. The molecule has 1 aliphatic heterocycles. The van der Waals surface area contributed by atoms with Gasteiger partial charge >= 0.3 is 12.1 Å². The Morgan fingerprint density at radius 2 is 2.07 bits per heavy atom. The highest BCUT2D eigenvalue weighted by Crippen LogP contribution is 2.26. The zero-order valence-corrected chi connectivity index (χ0v) is 14.6. The van der Waals surface area contributed by atoms with E-state index in [0.717, 1.165) is 5.56 Å². The molecule has 7 nitrogen and oxygen atoms in total. The molecule has 146 valence electrons. The van der Waals surface area contributed by atoms with Gasteiger partial charge in [-0.1, -0.05) is 12.1 Å². The summed E-state index contributed by atoms with van der Waals surface area (Å²) in [6.07, 6.45) is -1.95. The lowest BCUT2D eigenvalue weighted by atomic mass is 10.1. The number of rotatable bonds is 4. The lowest BCUT2D eigenvalue weighted by molar-refractivity contribution is -0.171. The number of hydrogen-bond donors (Lipinski definition) is 2. The second-order valence-corrected chi connectivity index (χ2v) is 6.09. The minimum absolute atomic E-state index is 0.00889. The fraction of sp³-hybridized carbons (Fsp3) is 0.222. The fourth-order valence-corrected chi connectivity index (χ4v) is 2.78. The molecule has 0 unspecified atom stereocenters. The second-order valence-electron chi connectivity index (χ2n) is 6.09. The molecule has 0 spiro atoms. The number of nitrogens with one attached hydrogen (secondary N) is 2. The van der Waals surface area contributed by atoms with Crippen molar-refractivity contribution in [2.75, 3.05) is 7.11 Å². The predicted octanol–water partition coefficient (Wildman–Crippen LogP) is 2.25. The van der Waals surface area contributed by atoms with E-state index in [-0.39, 0.29) is 23.6 Å². The smallest absolute Gasteiger partial charge is 0.471 e. The van der Waals surface area contributed by atoms with Crippen molar-refractivity contribution in [2.24, 2.45) is 0 Å². The minimum atomic E-state index is -5.10. The molecular formula is C18H15F3N4O3. The molecule has 0 bridgehead atoms. The molecule has 10 heteroatoms. The van der Waals surface area contributed by atoms with E-state index < -0.39 is 17.9 Å². The molecule has 2 aromatic rings. The van der Waals surface area contributed by atoms with Gasteiger partial charge in [-0.15, -0.1) is 0 Å². The summed E-state index contributed by atoms with van der Waals surface area (Å²) in [4.78, 5) is 29.2. The van der Waals surface area contributed by atoms with E-state index in [4.69, 9.17) is 10.1 Å². The molecule has 0 aliphatic carbocycles. The number of fused-ring (bicyclic) bond motifs is 1. The van der Waals surface area contributed by atoms with Gasteiger partial charge in [0.05, 0.1) is 13.3 Å². The minimum Gasteiger partial charge on any atom is -0.495 e. The number of carbonyl (C=O) groups excluding carboxylic acids is 2. The number of hydrogen-bond acceptors (Lipinski definition) is 5. The Morgan fingerprint density at radius 3 is 2.75 bits per heavy atom. The van der Waals surface area contributed by atoms with Crippen LogP contribution in [0.2, 0.25) is 0 Å². The molecule has 2 amide bonds. The summed E-state index contributed by atoms with van der Waals surface area (Å²) in [6, 6.07) is 6.00. The van der Waals surface area contributed by atoms with Crippen LogP contribution in [0.5, 0.6) is 5.75 Å². The van der Waals surface area contributed by atoms with E-state index in [1.54, 1.807) is 23.2 Å². The predicted molar refractivity (Wildman–Crippen MR) is 91.8 cm³/mol. The summed E-state index contributed by atoms with van der Waals surface area (Å²) < 4.78 is 42.1. The number of methoxy groups -OCH3 is 1. The van der Waals surface area contributed by atoms with Crippen molar-refractivity contribution in [3.63, 3.8) is 0 Å². The normalized spacial score (nSPS) is 13.3.